The Balaban J connectivity index is 1.36. The van der Waals surface area contributed by atoms with Crippen LogP contribution in [-0.2, 0) is 24.3 Å². The number of likely N-dealkylation sites (tertiary alicyclic amines) is 1. The fourth-order valence-corrected chi connectivity index (χ4v) is 4.69. The summed E-state index contributed by atoms with van der Waals surface area (Å²) in [6, 6.07) is 10.4. The molecule has 2 N–H and O–H groups in total. The molecule has 2 aliphatic rings. The largest absolute Gasteiger partial charge is 0.465 e. The molecule has 8 heteroatoms. The molecule has 0 bridgehead atoms. The molecule has 1 saturated heterocycles. The number of anilines is 1. The highest BCUT2D eigenvalue weighted by molar-refractivity contribution is 7.15. The van der Waals surface area contributed by atoms with Gasteiger partial charge in [0.15, 0.2) is 5.13 Å². The second kappa shape index (κ2) is 7.66. The number of fused-ring (bicyclic) bond motifs is 1. The molecule has 1 unspecified atom stereocenters. The van der Waals surface area contributed by atoms with E-state index < -0.39 is 6.09 Å². The lowest BCUT2D eigenvalue weighted by molar-refractivity contribution is -0.119. The Bertz CT molecular complexity index is 839. The Hall–Kier alpha value is -2.45. The summed E-state index contributed by atoms with van der Waals surface area (Å²) in [5, 5.41) is 12.5. The van der Waals surface area contributed by atoms with Crippen LogP contribution in [0.15, 0.2) is 30.3 Å². The van der Waals surface area contributed by atoms with E-state index in [1.807, 2.05) is 6.07 Å². The van der Waals surface area contributed by atoms with Gasteiger partial charge in [0.25, 0.3) is 0 Å². The number of carbonyl (C=O) groups is 2. The van der Waals surface area contributed by atoms with Crippen LogP contribution in [0.1, 0.15) is 22.6 Å². The van der Waals surface area contributed by atoms with Gasteiger partial charge in [0, 0.05) is 44.0 Å². The number of carbonyl (C=O) groups excluding carboxylic acids is 1. The van der Waals surface area contributed by atoms with Crippen LogP contribution in [0.3, 0.4) is 0 Å². The Morgan fingerprint density at radius 2 is 2.07 bits per heavy atom. The van der Waals surface area contributed by atoms with Crippen molar-refractivity contribution in [2.24, 2.45) is 5.92 Å². The van der Waals surface area contributed by atoms with Gasteiger partial charge in [-0.2, -0.15) is 0 Å². The minimum absolute atomic E-state index is 0.133. The number of nitrogens with zero attached hydrogens (tertiary/aromatic N) is 3. The van der Waals surface area contributed by atoms with E-state index in [0.29, 0.717) is 18.1 Å². The van der Waals surface area contributed by atoms with E-state index in [1.54, 1.807) is 0 Å². The Morgan fingerprint density at radius 3 is 2.81 bits per heavy atom. The molecule has 1 aromatic carbocycles. The summed E-state index contributed by atoms with van der Waals surface area (Å²) in [6.45, 7) is 3.38. The summed E-state index contributed by atoms with van der Waals surface area (Å²) in [4.78, 5) is 32.9. The second-order valence-electron chi connectivity index (χ2n) is 7.04. The number of nitrogens with one attached hydrogen (secondary N) is 1. The molecule has 7 nitrogen and oxygen atoms in total. The minimum atomic E-state index is -0.964. The number of carboxylic acid groups (broad SMARTS) is 1. The van der Waals surface area contributed by atoms with Crippen molar-refractivity contribution < 1.29 is 14.7 Å². The monoisotopic (exact) mass is 386 g/mol. The van der Waals surface area contributed by atoms with Crippen LogP contribution >= 0.6 is 11.3 Å². The van der Waals surface area contributed by atoms with Crippen LogP contribution < -0.4 is 5.32 Å². The van der Waals surface area contributed by atoms with Crippen molar-refractivity contribution in [2.75, 3.05) is 25.0 Å². The predicted octanol–water partition coefficient (Wildman–Crippen LogP) is 2.64. The fourth-order valence-electron chi connectivity index (χ4n) is 3.63. The van der Waals surface area contributed by atoms with Crippen molar-refractivity contribution in [2.45, 2.75) is 25.9 Å². The van der Waals surface area contributed by atoms with Crippen LogP contribution in [-0.4, -0.2) is 51.5 Å². The molecule has 1 atom stereocenters. The van der Waals surface area contributed by atoms with Gasteiger partial charge in [-0.25, -0.2) is 9.78 Å². The van der Waals surface area contributed by atoms with Crippen molar-refractivity contribution in [1.82, 2.24) is 14.8 Å². The van der Waals surface area contributed by atoms with Crippen LogP contribution in [0.25, 0.3) is 0 Å². The first-order valence-corrected chi connectivity index (χ1v) is 9.94. The Labute approximate surface area is 161 Å². The number of aromatic nitrogens is 1. The lowest BCUT2D eigenvalue weighted by atomic mass is 10.1. The van der Waals surface area contributed by atoms with E-state index >= 15 is 0 Å². The van der Waals surface area contributed by atoms with Crippen LogP contribution in [0, 0.1) is 5.92 Å². The van der Waals surface area contributed by atoms with Crippen LogP contribution in [0.5, 0.6) is 0 Å². The van der Waals surface area contributed by atoms with Crippen molar-refractivity contribution in [3.63, 3.8) is 0 Å². The summed E-state index contributed by atoms with van der Waals surface area (Å²) < 4.78 is 0. The third kappa shape index (κ3) is 4.12. The lowest BCUT2D eigenvalue weighted by Gasteiger charge is -2.25. The standard InChI is InChI=1S/C19H22N4O3S/c24-17(14-6-9-23(11-14)19(25)26)21-18-20-15-7-8-22(12-16(15)27-18)10-13-4-2-1-3-5-13/h1-5,14H,6-12H2,(H,25,26)(H,20,21,24). The summed E-state index contributed by atoms with van der Waals surface area (Å²) >= 11 is 1.53. The number of thiazole rings is 1. The maximum atomic E-state index is 12.4. The topological polar surface area (TPSA) is 85.8 Å². The van der Waals surface area contributed by atoms with Gasteiger partial charge in [-0.3, -0.25) is 9.69 Å². The average Bonchev–Trinajstić information content (AvgIpc) is 3.29. The van der Waals surface area contributed by atoms with E-state index in [9.17, 15) is 9.59 Å². The molecule has 2 aliphatic heterocycles. The molecule has 0 aliphatic carbocycles. The summed E-state index contributed by atoms with van der Waals surface area (Å²) in [5.41, 5.74) is 2.36. The molecular weight excluding hydrogens is 364 g/mol. The zero-order valence-corrected chi connectivity index (χ0v) is 15.7. The molecule has 0 spiro atoms. The smallest absolute Gasteiger partial charge is 0.407 e. The molecule has 3 heterocycles. The van der Waals surface area contributed by atoms with Gasteiger partial charge in [0.1, 0.15) is 0 Å². The first-order chi connectivity index (χ1) is 13.1. The highest BCUT2D eigenvalue weighted by Gasteiger charge is 2.31. The average molecular weight is 386 g/mol. The van der Waals surface area contributed by atoms with Gasteiger partial charge in [0.2, 0.25) is 5.91 Å². The molecule has 1 aromatic heterocycles. The van der Waals surface area contributed by atoms with Crippen molar-refractivity contribution in [3.05, 3.63) is 46.5 Å². The van der Waals surface area contributed by atoms with Crippen molar-refractivity contribution >= 4 is 28.5 Å². The van der Waals surface area contributed by atoms with Gasteiger partial charge in [0.05, 0.1) is 11.6 Å². The van der Waals surface area contributed by atoms with Crippen LogP contribution in [0.4, 0.5) is 9.93 Å². The Kier molecular flexibility index (Phi) is 5.09. The Morgan fingerprint density at radius 1 is 1.26 bits per heavy atom. The fraction of sp³-hybridized carbons (Fsp3) is 0.421. The number of rotatable bonds is 4. The molecule has 27 heavy (non-hydrogen) atoms. The maximum Gasteiger partial charge on any atom is 0.407 e. The third-order valence-electron chi connectivity index (χ3n) is 5.12. The molecule has 0 radical (unpaired) electrons. The van der Waals surface area contributed by atoms with Gasteiger partial charge < -0.3 is 15.3 Å². The zero-order chi connectivity index (χ0) is 18.8. The highest BCUT2D eigenvalue weighted by atomic mass is 32.1. The molecule has 2 aromatic rings. The predicted molar refractivity (Wildman–Crippen MR) is 103 cm³/mol. The van der Waals surface area contributed by atoms with E-state index in [-0.39, 0.29) is 18.4 Å². The zero-order valence-electron chi connectivity index (χ0n) is 14.9. The second-order valence-corrected chi connectivity index (χ2v) is 8.12. The molecule has 142 valence electrons. The van der Waals surface area contributed by atoms with Crippen molar-refractivity contribution in [1.29, 1.82) is 0 Å². The van der Waals surface area contributed by atoms with E-state index in [4.69, 9.17) is 5.11 Å². The van der Waals surface area contributed by atoms with Gasteiger partial charge in [-0.05, 0) is 12.0 Å². The molecule has 0 saturated carbocycles. The number of hydrogen-bond donors (Lipinski definition) is 2. The summed E-state index contributed by atoms with van der Waals surface area (Å²) in [5.74, 6) is -0.428. The van der Waals surface area contributed by atoms with E-state index in [0.717, 1.165) is 31.7 Å². The van der Waals surface area contributed by atoms with Crippen molar-refractivity contribution in [3.8, 4) is 0 Å². The molecule has 1 fully saturated rings. The van der Waals surface area contributed by atoms with Gasteiger partial charge >= 0.3 is 6.09 Å². The molecule has 4 rings (SSSR count). The maximum absolute atomic E-state index is 12.4. The van der Waals surface area contributed by atoms with E-state index in [1.165, 1.54) is 26.7 Å². The molecular formula is C19H22N4O3S. The third-order valence-corrected chi connectivity index (χ3v) is 6.12. The number of amides is 2. The van der Waals surface area contributed by atoms with E-state index in [2.05, 4.69) is 39.5 Å². The highest BCUT2D eigenvalue weighted by Crippen LogP contribution is 2.30. The number of hydrogen-bond acceptors (Lipinski definition) is 5. The van der Waals surface area contributed by atoms with Gasteiger partial charge in [-0.1, -0.05) is 30.3 Å². The van der Waals surface area contributed by atoms with Crippen LogP contribution in [0.2, 0.25) is 0 Å². The summed E-state index contributed by atoms with van der Waals surface area (Å²) in [6.07, 6.45) is 0.479. The quantitative estimate of drug-likeness (QED) is 0.844. The lowest BCUT2D eigenvalue weighted by Crippen LogP contribution is -2.30. The first-order valence-electron chi connectivity index (χ1n) is 9.12. The first kappa shape index (κ1) is 17.9. The normalized spacial score (nSPS) is 19.7. The minimum Gasteiger partial charge on any atom is -0.465 e. The SMILES string of the molecule is O=C(Nc1nc2c(s1)CN(Cc1ccccc1)CC2)C1CCN(C(=O)O)C1. The summed E-state index contributed by atoms with van der Waals surface area (Å²) in [7, 11) is 0. The van der Waals surface area contributed by atoms with Gasteiger partial charge in [-0.15, -0.1) is 11.3 Å². The molecule has 2 amide bonds. The number of benzene rings is 1.